The Labute approximate surface area is 100 Å². The number of likely N-dealkylation sites (tertiary alicyclic amines) is 1. The second-order valence-electron chi connectivity index (χ2n) is 4.81. The van der Waals surface area contributed by atoms with Crippen molar-refractivity contribution in [3.8, 4) is 0 Å². The fourth-order valence-corrected chi connectivity index (χ4v) is 2.46. The van der Waals surface area contributed by atoms with E-state index in [1.54, 1.807) is 4.90 Å². The molecule has 0 atom stereocenters. The van der Waals surface area contributed by atoms with E-state index in [1.807, 2.05) is 18.2 Å². The highest BCUT2D eigenvalue weighted by molar-refractivity contribution is 5.96. The topological polar surface area (TPSA) is 52.6 Å². The van der Waals surface area contributed by atoms with E-state index in [0.717, 1.165) is 24.2 Å². The van der Waals surface area contributed by atoms with Crippen molar-refractivity contribution < 1.29 is 9.90 Å². The van der Waals surface area contributed by atoms with E-state index in [2.05, 4.69) is 5.32 Å². The van der Waals surface area contributed by atoms with Crippen LogP contribution < -0.4 is 5.32 Å². The number of aliphatic hydroxyl groups excluding tert-OH is 1. The van der Waals surface area contributed by atoms with Crippen LogP contribution in [0.3, 0.4) is 0 Å². The fourth-order valence-electron chi connectivity index (χ4n) is 2.46. The molecule has 2 aliphatic rings. The quantitative estimate of drug-likeness (QED) is 0.790. The number of hydrogen-bond donors (Lipinski definition) is 2. The molecule has 1 saturated heterocycles. The lowest BCUT2D eigenvalue weighted by Crippen LogP contribution is -2.51. The van der Waals surface area contributed by atoms with Crippen LogP contribution in [-0.4, -0.2) is 42.2 Å². The molecule has 0 bridgehead atoms. The molecule has 2 heterocycles. The van der Waals surface area contributed by atoms with Crippen LogP contribution in [0.5, 0.6) is 0 Å². The summed E-state index contributed by atoms with van der Waals surface area (Å²) in [4.78, 5) is 13.9. The SMILES string of the molecule is O=C(c1ccc2c(c1)NCC2)N1CC(CO)C1. The molecule has 4 nitrogen and oxygen atoms in total. The Kier molecular flexibility index (Phi) is 2.52. The second-order valence-corrected chi connectivity index (χ2v) is 4.81. The lowest BCUT2D eigenvalue weighted by molar-refractivity contribution is 0.0362. The van der Waals surface area contributed by atoms with Gasteiger partial charge >= 0.3 is 0 Å². The first-order valence-corrected chi connectivity index (χ1v) is 6.05. The number of nitrogens with one attached hydrogen (secondary N) is 1. The molecule has 0 radical (unpaired) electrons. The number of carbonyl (C=O) groups excluding carboxylic acids is 1. The predicted molar refractivity (Wildman–Crippen MR) is 65.1 cm³/mol. The minimum Gasteiger partial charge on any atom is -0.396 e. The van der Waals surface area contributed by atoms with E-state index in [-0.39, 0.29) is 18.4 Å². The first-order chi connectivity index (χ1) is 8.28. The average Bonchev–Trinajstić information content (AvgIpc) is 2.74. The number of amides is 1. The highest BCUT2D eigenvalue weighted by Crippen LogP contribution is 2.25. The summed E-state index contributed by atoms with van der Waals surface area (Å²) >= 11 is 0. The Balaban J connectivity index is 1.74. The smallest absolute Gasteiger partial charge is 0.253 e. The highest BCUT2D eigenvalue weighted by atomic mass is 16.3. The van der Waals surface area contributed by atoms with E-state index < -0.39 is 0 Å². The third-order valence-corrected chi connectivity index (χ3v) is 3.57. The summed E-state index contributed by atoms with van der Waals surface area (Å²) in [5, 5.41) is 12.2. The predicted octanol–water partition coefficient (Wildman–Crippen LogP) is 0.719. The molecule has 2 aliphatic heterocycles. The van der Waals surface area contributed by atoms with Gasteiger partial charge in [0.2, 0.25) is 0 Å². The number of nitrogens with zero attached hydrogens (tertiary/aromatic N) is 1. The molecule has 1 fully saturated rings. The van der Waals surface area contributed by atoms with Gasteiger partial charge in [-0.05, 0) is 24.1 Å². The maximum absolute atomic E-state index is 12.1. The van der Waals surface area contributed by atoms with Crippen molar-refractivity contribution in [2.75, 3.05) is 31.6 Å². The zero-order valence-corrected chi connectivity index (χ0v) is 9.65. The van der Waals surface area contributed by atoms with Crippen LogP contribution in [0, 0.1) is 5.92 Å². The number of rotatable bonds is 2. The molecule has 17 heavy (non-hydrogen) atoms. The van der Waals surface area contributed by atoms with Crippen LogP contribution in [0.4, 0.5) is 5.69 Å². The number of anilines is 1. The number of fused-ring (bicyclic) bond motifs is 1. The molecule has 90 valence electrons. The average molecular weight is 232 g/mol. The van der Waals surface area contributed by atoms with Crippen molar-refractivity contribution >= 4 is 11.6 Å². The zero-order chi connectivity index (χ0) is 11.8. The summed E-state index contributed by atoms with van der Waals surface area (Å²) in [6.07, 6.45) is 1.04. The lowest BCUT2D eigenvalue weighted by atomic mass is 9.99. The standard InChI is InChI=1S/C13H16N2O2/c16-8-9-6-15(7-9)13(17)11-2-1-10-3-4-14-12(10)5-11/h1-2,5,9,14,16H,3-4,6-8H2. The van der Waals surface area contributed by atoms with Gasteiger partial charge in [-0.2, -0.15) is 0 Å². The molecule has 1 amide bonds. The molecule has 0 spiro atoms. The second kappa shape index (κ2) is 4.04. The van der Waals surface area contributed by atoms with Gasteiger partial charge in [-0.1, -0.05) is 6.07 Å². The molecule has 0 aromatic heterocycles. The maximum Gasteiger partial charge on any atom is 0.253 e. The Hall–Kier alpha value is -1.55. The summed E-state index contributed by atoms with van der Waals surface area (Å²) < 4.78 is 0. The van der Waals surface area contributed by atoms with Gasteiger partial charge in [0, 0.05) is 43.4 Å². The van der Waals surface area contributed by atoms with Gasteiger partial charge in [0.1, 0.15) is 0 Å². The third kappa shape index (κ3) is 1.78. The van der Waals surface area contributed by atoms with E-state index >= 15 is 0 Å². The first-order valence-electron chi connectivity index (χ1n) is 6.05. The van der Waals surface area contributed by atoms with Crippen LogP contribution in [0.15, 0.2) is 18.2 Å². The van der Waals surface area contributed by atoms with Crippen LogP contribution >= 0.6 is 0 Å². The van der Waals surface area contributed by atoms with Gasteiger partial charge in [0.25, 0.3) is 5.91 Å². The Morgan fingerprint density at radius 3 is 3.06 bits per heavy atom. The first kappa shape index (κ1) is 10.6. The van der Waals surface area contributed by atoms with E-state index in [4.69, 9.17) is 5.11 Å². The molecule has 4 heteroatoms. The van der Waals surface area contributed by atoms with Gasteiger partial charge < -0.3 is 15.3 Å². The van der Waals surface area contributed by atoms with Crippen LogP contribution in [0.25, 0.3) is 0 Å². The van der Waals surface area contributed by atoms with Crippen LogP contribution in [0.1, 0.15) is 15.9 Å². The molecular weight excluding hydrogens is 216 g/mol. The minimum absolute atomic E-state index is 0.0752. The zero-order valence-electron chi connectivity index (χ0n) is 9.65. The highest BCUT2D eigenvalue weighted by Gasteiger charge is 2.30. The minimum atomic E-state index is 0.0752. The third-order valence-electron chi connectivity index (χ3n) is 3.57. The summed E-state index contributed by atoms with van der Waals surface area (Å²) in [5.41, 5.74) is 3.13. The monoisotopic (exact) mass is 232 g/mol. The van der Waals surface area contributed by atoms with Gasteiger partial charge in [0.05, 0.1) is 0 Å². The van der Waals surface area contributed by atoms with Crippen LogP contribution in [-0.2, 0) is 6.42 Å². The number of benzene rings is 1. The van der Waals surface area contributed by atoms with E-state index in [9.17, 15) is 4.79 Å². The molecule has 0 unspecified atom stereocenters. The van der Waals surface area contributed by atoms with Crippen molar-refractivity contribution in [3.05, 3.63) is 29.3 Å². The Morgan fingerprint density at radius 2 is 2.29 bits per heavy atom. The summed E-state index contributed by atoms with van der Waals surface area (Å²) in [6, 6.07) is 5.88. The number of aliphatic hydroxyl groups is 1. The maximum atomic E-state index is 12.1. The normalized spacial score (nSPS) is 18.5. The molecule has 1 aromatic rings. The van der Waals surface area contributed by atoms with Gasteiger partial charge in [-0.15, -0.1) is 0 Å². The fraction of sp³-hybridized carbons (Fsp3) is 0.462. The van der Waals surface area contributed by atoms with Crippen LogP contribution in [0.2, 0.25) is 0 Å². The molecule has 1 aromatic carbocycles. The van der Waals surface area contributed by atoms with Crippen molar-refractivity contribution in [2.45, 2.75) is 6.42 Å². The van der Waals surface area contributed by atoms with E-state index in [1.165, 1.54) is 5.56 Å². The summed E-state index contributed by atoms with van der Waals surface area (Å²) in [6.45, 7) is 2.50. The number of hydrogen-bond acceptors (Lipinski definition) is 3. The van der Waals surface area contributed by atoms with E-state index in [0.29, 0.717) is 13.1 Å². The number of carbonyl (C=O) groups is 1. The lowest BCUT2D eigenvalue weighted by Gasteiger charge is -2.38. The Bertz CT molecular complexity index is 453. The van der Waals surface area contributed by atoms with Gasteiger partial charge in [0.15, 0.2) is 0 Å². The van der Waals surface area contributed by atoms with Crippen molar-refractivity contribution in [2.24, 2.45) is 5.92 Å². The van der Waals surface area contributed by atoms with Gasteiger partial charge in [-0.25, -0.2) is 0 Å². The molecule has 3 rings (SSSR count). The summed E-state index contributed by atoms with van der Waals surface area (Å²) in [7, 11) is 0. The molecule has 2 N–H and O–H groups in total. The van der Waals surface area contributed by atoms with Crippen molar-refractivity contribution in [3.63, 3.8) is 0 Å². The van der Waals surface area contributed by atoms with Crippen molar-refractivity contribution in [1.82, 2.24) is 4.90 Å². The summed E-state index contributed by atoms with van der Waals surface area (Å²) in [5.74, 6) is 0.345. The molecule has 0 aliphatic carbocycles. The largest absolute Gasteiger partial charge is 0.396 e. The Morgan fingerprint density at radius 1 is 1.47 bits per heavy atom. The van der Waals surface area contributed by atoms with Crippen molar-refractivity contribution in [1.29, 1.82) is 0 Å². The molecular formula is C13H16N2O2. The van der Waals surface area contributed by atoms with Gasteiger partial charge in [-0.3, -0.25) is 4.79 Å². The molecule has 0 saturated carbocycles.